The van der Waals surface area contributed by atoms with Crippen molar-refractivity contribution in [1.82, 2.24) is 0 Å². The summed E-state index contributed by atoms with van der Waals surface area (Å²) in [6, 6.07) is 3.14. The Morgan fingerprint density at radius 2 is 1.87 bits per heavy atom. The van der Waals surface area contributed by atoms with E-state index in [-0.39, 0.29) is 11.2 Å². The summed E-state index contributed by atoms with van der Waals surface area (Å²) in [5, 5.41) is 10.0. The fraction of sp³-hybridized carbons (Fsp3) is 0.250. The van der Waals surface area contributed by atoms with Gasteiger partial charge in [-0.3, -0.25) is 4.79 Å². The first-order chi connectivity index (χ1) is 7.00. The largest absolute Gasteiger partial charge is 0.508 e. The number of hydrogen-bond donors (Lipinski definition) is 1. The lowest BCUT2D eigenvalue weighted by atomic mass is 10.1. The summed E-state index contributed by atoms with van der Waals surface area (Å²) in [7, 11) is 0. The average Bonchev–Trinajstić information content (AvgIpc) is 2.19. The van der Waals surface area contributed by atoms with Gasteiger partial charge < -0.3 is 9.52 Å². The van der Waals surface area contributed by atoms with Gasteiger partial charge in [0.1, 0.15) is 17.1 Å². The molecule has 0 aliphatic heterocycles. The van der Waals surface area contributed by atoms with Crippen molar-refractivity contribution in [3.8, 4) is 5.75 Å². The Labute approximate surface area is 87.0 Å². The molecule has 2 rings (SSSR count). The Hall–Kier alpha value is -1.77. The lowest BCUT2D eigenvalue weighted by Crippen LogP contribution is -2.07. The molecule has 3 nitrogen and oxygen atoms in total. The predicted octanol–water partition coefficient (Wildman–Crippen LogP) is 2.42. The normalized spacial score (nSPS) is 10.9. The van der Waals surface area contributed by atoms with E-state index in [9.17, 15) is 9.90 Å². The van der Waals surface area contributed by atoms with Crippen molar-refractivity contribution >= 4 is 11.0 Å². The van der Waals surface area contributed by atoms with Crippen LogP contribution < -0.4 is 5.43 Å². The van der Waals surface area contributed by atoms with Crippen molar-refractivity contribution < 1.29 is 9.52 Å². The molecule has 0 atom stereocenters. The van der Waals surface area contributed by atoms with Gasteiger partial charge >= 0.3 is 0 Å². The van der Waals surface area contributed by atoms with Crippen LogP contribution in [0.1, 0.15) is 16.9 Å². The maximum Gasteiger partial charge on any atom is 0.195 e. The second-order valence-corrected chi connectivity index (χ2v) is 3.75. The van der Waals surface area contributed by atoms with Gasteiger partial charge in [-0.25, -0.2) is 0 Å². The summed E-state index contributed by atoms with van der Waals surface area (Å²) in [6.07, 6.45) is 0. The molecule has 2 aromatic rings. The van der Waals surface area contributed by atoms with Gasteiger partial charge in [0.15, 0.2) is 5.43 Å². The number of hydrogen-bond acceptors (Lipinski definition) is 3. The summed E-state index contributed by atoms with van der Waals surface area (Å²) in [4.78, 5) is 11.9. The number of aryl methyl sites for hydroxylation is 2. The van der Waals surface area contributed by atoms with E-state index in [1.165, 1.54) is 6.07 Å². The van der Waals surface area contributed by atoms with Gasteiger partial charge in [-0.15, -0.1) is 0 Å². The van der Waals surface area contributed by atoms with Crippen molar-refractivity contribution in [2.75, 3.05) is 0 Å². The molecule has 1 aromatic heterocycles. The number of phenolic OH excluding ortho intramolecular Hbond substituents is 1. The molecule has 78 valence electrons. The number of rotatable bonds is 0. The van der Waals surface area contributed by atoms with Crippen LogP contribution in [0.25, 0.3) is 11.0 Å². The zero-order chi connectivity index (χ0) is 11.2. The molecule has 0 spiro atoms. The monoisotopic (exact) mass is 204 g/mol. The maximum absolute atomic E-state index is 11.9. The van der Waals surface area contributed by atoms with E-state index in [0.717, 1.165) is 0 Å². The van der Waals surface area contributed by atoms with E-state index in [1.54, 1.807) is 26.8 Å². The molecule has 0 saturated heterocycles. The van der Waals surface area contributed by atoms with Crippen molar-refractivity contribution in [2.45, 2.75) is 20.8 Å². The fourth-order valence-corrected chi connectivity index (χ4v) is 1.54. The quantitative estimate of drug-likeness (QED) is 0.717. The summed E-state index contributed by atoms with van der Waals surface area (Å²) < 4.78 is 5.45. The predicted molar refractivity (Wildman–Crippen MR) is 58.4 cm³/mol. The molecule has 1 aromatic carbocycles. The van der Waals surface area contributed by atoms with Crippen molar-refractivity contribution in [2.24, 2.45) is 0 Å². The third kappa shape index (κ3) is 1.40. The molecule has 0 radical (unpaired) electrons. The fourth-order valence-electron chi connectivity index (χ4n) is 1.54. The van der Waals surface area contributed by atoms with Gasteiger partial charge in [0.25, 0.3) is 0 Å². The second-order valence-electron chi connectivity index (χ2n) is 3.75. The van der Waals surface area contributed by atoms with Crippen LogP contribution in [0.4, 0.5) is 0 Å². The minimum atomic E-state index is -0.0307. The molecule has 15 heavy (non-hydrogen) atoms. The van der Waals surface area contributed by atoms with Crippen molar-refractivity contribution in [1.29, 1.82) is 0 Å². The molecule has 1 heterocycles. The number of fused-ring (bicyclic) bond motifs is 1. The smallest absolute Gasteiger partial charge is 0.195 e. The van der Waals surface area contributed by atoms with E-state index < -0.39 is 0 Å². The van der Waals surface area contributed by atoms with Gasteiger partial charge in [-0.05, 0) is 32.4 Å². The van der Waals surface area contributed by atoms with Crippen molar-refractivity contribution in [3.05, 3.63) is 39.2 Å². The summed E-state index contributed by atoms with van der Waals surface area (Å²) in [6.45, 7) is 5.24. The first-order valence-electron chi connectivity index (χ1n) is 4.74. The highest BCUT2D eigenvalue weighted by Crippen LogP contribution is 2.23. The zero-order valence-corrected chi connectivity index (χ0v) is 8.92. The summed E-state index contributed by atoms with van der Waals surface area (Å²) in [5.74, 6) is 0.740. The highest BCUT2D eigenvalue weighted by molar-refractivity contribution is 5.80. The number of benzene rings is 1. The Bertz CT molecular complexity index is 589. The van der Waals surface area contributed by atoms with Gasteiger partial charge in [-0.1, -0.05) is 0 Å². The topological polar surface area (TPSA) is 50.4 Å². The molecular formula is C12H12O3. The lowest BCUT2D eigenvalue weighted by molar-refractivity contribution is 0.469. The molecule has 0 aliphatic carbocycles. The molecule has 0 unspecified atom stereocenters. The third-order valence-corrected chi connectivity index (χ3v) is 2.67. The van der Waals surface area contributed by atoms with Gasteiger partial charge in [0, 0.05) is 11.6 Å². The van der Waals surface area contributed by atoms with Gasteiger partial charge in [-0.2, -0.15) is 0 Å². The van der Waals surface area contributed by atoms with Gasteiger partial charge in [0.05, 0.1) is 5.39 Å². The summed E-state index contributed by atoms with van der Waals surface area (Å²) >= 11 is 0. The Morgan fingerprint density at radius 1 is 1.20 bits per heavy atom. The minimum absolute atomic E-state index is 0.0307. The van der Waals surface area contributed by atoms with Crippen LogP contribution >= 0.6 is 0 Å². The maximum atomic E-state index is 11.9. The zero-order valence-electron chi connectivity index (χ0n) is 8.92. The molecular weight excluding hydrogens is 192 g/mol. The van der Waals surface area contributed by atoms with E-state index in [4.69, 9.17) is 4.42 Å². The standard InChI is InChI=1S/C12H12O3/c1-6-4-9-11(5-10(6)13)15-8(3)7(2)12(9)14/h4-5,13H,1-3H3. The Balaban J connectivity index is 3.00. The van der Waals surface area contributed by atoms with Crippen LogP contribution in [0.3, 0.4) is 0 Å². The van der Waals surface area contributed by atoms with Crippen LogP contribution in [-0.2, 0) is 0 Å². The van der Waals surface area contributed by atoms with Crippen molar-refractivity contribution in [3.63, 3.8) is 0 Å². The first-order valence-corrected chi connectivity index (χ1v) is 4.74. The molecule has 0 fully saturated rings. The molecule has 3 heteroatoms. The average molecular weight is 204 g/mol. The van der Waals surface area contributed by atoms with E-state index in [1.807, 2.05) is 0 Å². The van der Waals surface area contributed by atoms with Crippen LogP contribution in [-0.4, -0.2) is 5.11 Å². The Kier molecular flexibility index (Phi) is 2.03. The van der Waals surface area contributed by atoms with E-state index >= 15 is 0 Å². The van der Waals surface area contributed by atoms with Crippen LogP contribution in [0.2, 0.25) is 0 Å². The molecule has 0 aliphatic rings. The van der Waals surface area contributed by atoms with Crippen LogP contribution in [0, 0.1) is 20.8 Å². The van der Waals surface area contributed by atoms with Gasteiger partial charge in [0.2, 0.25) is 0 Å². The second kappa shape index (κ2) is 3.12. The minimum Gasteiger partial charge on any atom is -0.508 e. The summed E-state index contributed by atoms with van der Waals surface area (Å²) in [5.41, 5.74) is 1.70. The molecule has 0 amide bonds. The number of phenols is 1. The number of aromatic hydroxyl groups is 1. The van der Waals surface area contributed by atoms with Crippen LogP contribution in [0.5, 0.6) is 5.75 Å². The van der Waals surface area contributed by atoms with E-state index in [0.29, 0.717) is 27.9 Å². The van der Waals surface area contributed by atoms with Crippen LogP contribution in [0.15, 0.2) is 21.3 Å². The van der Waals surface area contributed by atoms with E-state index in [2.05, 4.69) is 0 Å². The Morgan fingerprint density at radius 3 is 2.53 bits per heavy atom. The molecule has 0 bridgehead atoms. The molecule has 1 N–H and O–H groups in total. The highest BCUT2D eigenvalue weighted by Gasteiger charge is 2.09. The lowest BCUT2D eigenvalue weighted by Gasteiger charge is -2.04. The first kappa shape index (κ1) is 9.77. The highest BCUT2D eigenvalue weighted by atomic mass is 16.3. The third-order valence-electron chi connectivity index (χ3n) is 2.67. The SMILES string of the molecule is Cc1cc2c(=O)c(C)c(C)oc2cc1O. The molecule has 0 saturated carbocycles.